The number of benzene rings is 1. The van der Waals surface area contributed by atoms with E-state index in [2.05, 4.69) is 10.1 Å². The maximum absolute atomic E-state index is 13.8. The minimum Gasteiger partial charge on any atom is -0.490 e. The lowest BCUT2D eigenvalue weighted by Gasteiger charge is -2.16. The van der Waals surface area contributed by atoms with Crippen molar-refractivity contribution in [1.82, 2.24) is 24.4 Å². The van der Waals surface area contributed by atoms with Gasteiger partial charge in [0.1, 0.15) is 5.75 Å². The van der Waals surface area contributed by atoms with Crippen molar-refractivity contribution in [3.8, 4) is 17.0 Å². The molecule has 34 heavy (non-hydrogen) atoms. The highest BCUT2D eigenvalue weighted by Crippen LogP contribution is 2.37. The number of hydrogen-bond acceptors (Lipinski definition) is 6. The SMILES string of the molecule is CCC(C(=O)c1cnn2cccnc12)c1cn(CC(C)(C)O)nc1-c1ccccc1OC(C)C. The molecule has 1 N–H and O–H groups in total. The number of carbonyl (C=O) groups is 1. The molecule has 1 unspecified atom stereocenters. The van der Waals surface area contributed by atoms with Crippen molar-refractivity contribution in [3.05, 3.63) is 66.2 Å². The van der Waals surface area contributed by atoms with E-state index < -0.39 is 11.5 Å². The number of aliphatic hydroxyl groups is 1. The lowest BCUT2D eigenvalue weighted by Crippen LogP contribution is -2.26. The van der Waals surface area contributed by atoms with E-state index in [0.29, 0.717) is 29.1 Å². The largest absolute Gasteiger partial charge is 0.490 e. The summed E-state index contributed by atoms with van der Waals surface area (Å²) in [5.74, 6) is 0.169. The van der Waals surface area contributed by atoms with Gasteiger partial charge in [0.2, 0.25) is 0 Å². The Morgan fingerprint density at radius 3 is 2.68 bits per heavy atom. The van der Waals surface area contributed by atoms with E-state index in [1.165, 1.54) is 0 Å². The monoisotopic (exact) mass is 461 g/mol. The second-order valence-corrected chi connectivity index (χ2v) is 9.38. The first-order valence-electron chi connectivity index (χ1n) is 11.6. The van der Waals surface area contributed by atoms with E-state index in [9.17, 15) is 9.90 Å². The number of fused-ring (bicyclic) bond motifs is 1. The molecule has 4 rings (SSSR count). The third kappa shape index (κ3) is 4.87. The van der Waals surface area contributed by atoms with Gasteiger partial charge in [-0.2, -0.15) is 10.2 Å². The Morgan fingerprint density at radius 1 is 1.21 bits per heavy atom. The summed E-state index contributed by atoms with van der Waals surface area (Å²) in [4.78, 5) is 18.1. The Balaban J connectivity index is 1.85. The summed E-state index contributed by atoms with van der Waals surface area (Å²) < 4.78 is 9.37. The van der Waals surface area contributed by atoms with Crippen molar-refractivity contribution in [2.75, 3.05) is 0 Å². The van der Waals surface area contributed by atoms with Gasteiger partial charge in [-0.15, -0.1) is 0 Å². The lowest BCUT2D eigenvalue weighted by atomic mass is 9.88. The Morgan fingerprint density at radius 2 is 1.97 bits per heavy atom. The predicted octanol–water partition coefficient (Wildman–Crippen LogP) is 4.53. The van der Waals surface area contributed by atoms with Gasteiger partial charge < -0.3 is 9.84 Å². The topological polar surface area (TPSA) is 94.5 Å². The molecule has 0 radical (unpaired) electrons. The zero-order valence-corrected chi connectivity index (χ0v) is 20.3. The Kier molecular flexibility index (Phi) is 6.52. The molecule has 8 heteroatoms. The number of hydrogen-bond donors (Lipinski definition) is 1. The van der Waals surface area contributed by atoms with Crippen molar-refractivity contribution in [3.63, 3.8) is 0 Å². The predicted molar refractivity (Wildman–Crippen MR) is 130 cm³/mol. The van der Waals surface area contributed by atoms with Crippen LogP contribution in [0.25, 0.3) is 16.9 Å². The van der Waals surface area contributed by atoms with Crippen LogP contribution >= 0.6 is 0 Å². The average Bonchev–Trinajstić information content (AvgIpc) is 3.37. The summed E-state index contributed by atoms with van der Waals surface area (Å²) >= 11 is 0. The minimum absolute atomic E-state index is 0.0171. The number of para-hydroxylation sites is 1. The molecule has 0 saturated carbocycles. The molecule has 0 aliphatic rings. The molecule has 0 aliphatic carbocycles. The zero-order chi connectivity index (χ0) is 24.5. The molecule has 3 heterocycles. The van der Waals surface area contributed by atoms with E-state index in [4.69, 9.17) is 9.84 Å². The summed E-state index contributed by atoms with van der Waals surface area (Å²) in [6, 6.07) is 9.48. The fraction of sp³-hybridized carbons (Fsp3) is 0.385. The standard InChI is InChI=1S/C26H31N5O3/c1-6-18(24(32)20-14-28-31-13-9-12-27-25(20)31)21-15-30(16-26(4,5)33)29-23(21)19-10-7-8-11-22(19)34-17(2)3/h7-15,17-18,33H,6,16H2,1-5H3. The Bertz CT molecular complexity index is 1300. The molecule has 0 spiro atoms. The van der Waals surface area contributed by atoms with E-state index in [1.54, 1.807) is 47.7 Å². The number of ketones is 1. The van der Waals surface area contributed by atoms with Crippen LogP contribution in [0.2, 0.25) is 0 Å². The van der Waals surface area contributed by atoms with Crippen LogP contribution in [0.15, 0.2) is 55.1 Å². The first kappa shape index (κ1) is 23.6. The number of rotatable bonds is 9. The molecule has 1 atom stereocenters. The molecule has 0 saturated heterocycles. The normalized spacial score (nSPS) is 12.9. The molecule has 0 aliphatic heterocycles. The second kappa shape index (κ2) is 9.38. The summed E-state index contributed by atoms with van der Waals surface area (Å²) in [6.45, 7) is 9.68. The van der Waals surface area contributed by atoms with Crippen LogP contribution < -0.4 is 4.74 Å². The molecule has 0 fully saturated rings. The smallest absolute Gasteiger partial charge is 0.175 e. The highest BCUT2D eigenvalue weighted by Gasteiger charge is 2.30. The first-order chi connectivity index (χ1) is 16.2. The van der Waals surface area contributed by atoms with Crippen molar-refractivity contribution in [2.24, 2.45) is 0 Å². The van der Waals surface area contributed by atoms with Gasteiger partial charge in [-0.3, -0.25) is 9.48 Å². The van der Waals surface area contributed by atoms with E-state index in [1.807, 2.05) is 51.2 Å². The highest BCUT2D eigenvalue weighted by atomic mass is 16.5. The van der Waals surface area contributed by atoms with E-state index in [0.717, 1.165) is 11.1 Å². The number of Topliss-reactive ketones (excluding diaryl/α,β-unsaturated/α-hetero) is 1. The van der Waals surface area contributed by atoms with Crippen LogP contribution in [0.4, 0.5) is 0 Å². The average molecular weight is 462 g/mol. The summed E-state index contributed by atoms with van der Waals surface area (Å²) in [5.41, 5.74) is 2.30. The van der Waals surface area contributed by atoms with E-state index >= 15 is 0 Å². The van der Waals surface area contributed by atoms with Crippen LogP contribution in [0.5, 0.6) is 5.75 Å². The summed E-state index contributed by atoms with van der Waals surface area (Å²) in [5, 5.41) is 19.5. The molecule has 178 valence electrons. The maximum Gasteiger partial charge on any atom is 0.175 e. The fourth-order valence-corrected chi connectivity index (χ4v) is 4.13. The van der Waals surface area contributed by atoms with Crippen molar-refractivity contribution < 1.29 is 14.6 Å². The van der Waals surface area contributed by atoms with Gasteiger partial charge in [0.05, 0.1) is 41.6 Å². The Hall–Kier alpha value is -3.52. The second-order valence-electron chi connectivity index (χ2n) is 9.38. The van der Waals surface area contributed by atoms with Crippen molar-refractivity contribution in [2.45, 2.75) is 65.2 Å². The molecule has 1 aromatic carbocycles. The summed E-state index contributed by atoms with van der Waals surface area (Å²) in [6.07, 6.45) is 7.41. The van der Waals surface area contributed by atoms with Crippen LogP contribution in [0.3, 0.4) is 0 Å². The van der Waals surface area contributed by atoms with Crippen molar-refractivity contribution in [1.29, 1.82) is 0 Å². The van der Waals surface area contributed by atoms with Gasteiger partial charge >= 0.3 is 0 Å². The van der Waals surface area contributed by atoms with Crippen molar-refractivity contribution >= 4 is 11.4 Å². The third-order valence-corrected chi connectivity index (χ3v) is 5.49. The molecule has 3 aromatic heterocycles. The molecule has 0 amide bonds. The molecule has 8 nitrogen and oxygen atoms in total. The number of ether oxygens (including phenoxy) is 1. The molecular formula is C26H31N5O3. The van der Waals surface area contributed by atoms with Gasteiger partial charge in [-0.1, -0.05) is 19.1 Å². The minimum atomic E-state index is -0.966. The number of aromatic nitrogens is 5. The summed E-state index contributed by atoms with van der Waals surface area (Å²) in [7, 11) is 0. The molecular weight excluding hydrogens is 430 g/mol. The van der Waals surface area contributed by atoms with Gasteiger partial charge in [-0.25, -0.2) is 9.50 Å². The van der Waals surface area contributed by atoms with Crippen LogP contribution in [0.1, 0.15) is 62.9 Å². The number of nitrogens with zero attached hydrogens (tertiary/aromatic N) is 5. The Labute approximate surface area is 199 Å². The quantitative estimate of drug-likeness (QED) is 0.368. The zero-order valence-electron chi connectivity index (χ0n) is 20.3. The number of carbonyl (C=O) groups excluding carboxylic acids is 1. The third-order valence-electron chi connectivity index (χ3n) is 5.49. The first-order valence-corrected chi connectivity index (χ1v) is 11.6. The highest BCUT2D eigenvalue weighted by molar-refractivity contribution is 6.06. The van der Waals surface area contributed by atoms with E-state index in [-0.39, 0.29) is 18.4 Å². The van der Waals surface area contributed by atoms with Gasteiger partial charge in [0, 0.05) is 29.7 Å². The fourth-order valence-electron chi connectivity index (χ4n) is 4.13. The van der Waals surface area contributed by atoms with Crippen LogP contribution in [-0.4, -0.2) is 47.0 Å². The van der Waals surface area contributed by atoms with Gasteiger partial charge in [0.25, 0.3) is 0 Å². The maximum atomic E-state index is 13.8. The van der Waals surface area contributed by atoms with Crippen LogP contribution in [-0.2, 0) is 6.54 Å². The van der Waals surface area contributed by atoms with Gasteiger partial charge in [-0.05, 0) is 52.3 Å². The van der Waals surface area contributed by atoms with Crippen LogP contribution in [0, 0.1) is 0 Å². The molecule has 0 bridgehead atoms. The van der Waals surface area contributed by atoms with Gasteiger partial charge in [0.15, 0.2) is 11.4 Å². The lowest BCUT2D eigenvalue weighted by molar-refractivity contribution is 0.0578. The molecule has 4 aromatic rings.